The van der Waals surface area contributed by atoms with Crippen LogP contribution in [0.5, 0.6) is 5.75 Å². The molecule has 5 heteroatoms. The topological polar surface area (TPSA) is 58.6 Å². The lowest BCUT2D eigenvalue weighted by Crippen LogP contribution is -2.52. The van der Waals surface area contributed by atoms with E-state index < -0.39 is 6.04 Å². The molecule has 3 aromatic carbocycles. The number of carbonyl (C=O) groups is 2. The average Bonchev–Trinajstić information content (AvgIpc) is 2.87. The Morgan fingerprint density at radius 2 is 1.44 bits per heavy atom. The van der Waals surface area contributed by atoms with Gasteiger partial charge in [-0.1, -0.05) is 79.7 Å². The van der Waals surface area contributed by atoms with E-state index >= 15 is 0 Å². The van der Waals surface area contributed by atoms with Gasteiger partial charge >= 0.3 is 0 Å². The van der Waals surface area contributed by atoms with Crippen molar-refractivity contribution in [3.63, 3.8) is 0 Å². The van der Waals surface area contributed by atoms with Crippen molar-refractivity contribution >= 4 is 11.8 Å². The molecule has 1 N–H and O–H groups in total. The molecule has 3 aromatic rings. The first-order valence-corrected chi connectivity index (χ1v) is 11.8. The van der Waals surface area contributed by atoms with Crippen molar-refractivity contribution in [1.82, 2.24) is 10.2 Å². The van der Waals surface area contributed by atoms with Crippen LogP contribution in [0.25, 0.3) is 0 Å². The van der Waals surface area contributed by atoms with Gasteiger partial charge in [0.2, 0.25) is 11.8 Å². The van der Waals surface area contributed by atoms with Crippen molar-refractivity contribution in [2.75, 3.05) is 7.11 Å². The number of hydrogen-bond acceptors (Lipinski definition) is 3. The summed E-state index contributed by atoms with van der Waals surface area (Å²) < 4.78 is 5.24. The number of methoxy groups -OCH3 is 1. The van der Waals surface area contributed by atoms with Crippen molar-refractivity contribution in [3.8, 4) is 5.75 Å². The first-order valence-electron chi connectivity index (χ1n) is 11.8. The molecule has 34 heavy (non-hydrogen) atoms. The van der Waals surface area contributed by atoms with Gasteiger partial charge in [-0.2, -0.15) is 0 Å². The van der Waals surface area contributed by atoms with Crippen molar-refractivity contribution in [3.05, 3.63) is 102 Å². The molecule has 0 aromatic heterocycles. The normalized spacial score (nSPS) is 12.4. The highest BCUT2D eigenvalue weighted by atomic mass is 16.5. The molecular formula is C29H34N2O3. The predicted octanol–water partition coefficient (Wildman–Crippen LogP) is 4.79. The van der Waals surface area contributed by atoms with Crippen LogP contribution in [0.1, 0.15) is 37.0 Å². The van der Waals surface area contributed by atoms with Crippen LogP contribution in [0.15, 0.2) is 84.9 Å². The zero-order valence-electron chi connectivity index (χ0n) is 20.2. The summed E-state index contributed by atoms with van der Waals surface area (Å²) in [6, 6.07) is 26.6. The first-order chi connectivity index (χ1) is 16.5. The Morgan fingerprint density at radius 3 is 2.00 bits per heavy atom. The molecule has 0 bridgehead atoms. The molecular weight excluding hydrogens is 424 g/mol. The lowest BCUT2D eigenvalue weighted by atomic mass is 10.0. The highest BCUT2D eigenvalue weighted by Gasteiger charge is 2.30. The Hall–Kier alpha value is -3.60. The first kappa shape index (κ1) is 25.0. The fourth-order valence-electron chi connectivity index (χ4n) is 3.79. The number of benzene rings is 3. The second-order valence-corrected chi connectivity index (χ2v) is 8.56. The minimum absolute atomic E-state index is 0.0287. The third-order valence-electron chi connectivity index (χ3n) is 5.98. The summed E-state index contributed by atoms with van der Waals surface area (Å²) in [6.07, 6.45) is 1.48. The Kier molecular flexibility index (Phi) is 9.27. The number of nitrogens with zero attached hydrogens (tertiary/aromatic N) is 1. The fourth-order valence-corrected chi connectivity index (χ4v) is 3.79. The molecule has 2 amide bonds. The molecule has 178 valence electrons. The van der Waals surface area contributed by atoms with Crippen LogP contribution in [-0.2, 0) is 29.0 Å². The van der Waals surface area contributed by atoms with Gasteiger partial charge in [0.15, 0.2) is 0 Å². The summed E-state index contributed by atoms with van der Waals surface area (Å²) >= 11 is 0. The number of amides is 2. The highest BCUT2D eigenvalue weighted by molar-refractivity contribution is 5.89. The third kappa shape index (κ3) is 7.20. The van der Waals surface area contributed by atoms with E-state index in [0.29, 0.717) is 13.0 Å². The molecule has 0 fully saturated rings. The molecule has 2 atom stereocenters. The molecule has 0 radical (unpaired) electrons. The molecule has 3 rings (SSSR count). The summed E-state index contributed by atoms with van der Waals surface area (Å²) in [4.78, 5) is 28.9. The minimum Gasteiger partial charge on any atom is -0.497 e. The van der Waals surface area contributed by atoms with E-state index in [0.717, 1.165) is 28.9 Å². The minimum atomic E-state index is -0.623. The zero-order chi connectivity index (χ0) is 24.3. The molecule has 0 spiro atoms. The van der Waals surface area contributed by atoms with E-state index in [4.69, 9.17) is 4.74 Å². The maximum absolute atomic E-state index is 13.7. The van der Waals surface area contributed by atoms with Gasteiger partial charge < -0.3 is 15.0 Å². The highest BCUT2D eigenvalue weighted by Crippen LogP contribution is 2.18. The van der Waals surface area contributed by atoms with Crippen LogP contribution in [-0.4, -0.2) is 35.9 Å². The molecule has 0 aliphatic heterocycles. The van der Waals surface area contributed by atoms with E-state index in [-0.39, 0.29) is 24.3 Å². The quantitative estimate of drug-likeness (QED) is 0.449. The Labute approximate surface area is 202 Å². The Bertz CT molecular complexity index is 1040. The number of nitrogens with one attached hydrogen (secondary N) is 1. The Morgan fingerprint density at radius 1 is 0.853 bits per heavy atom. The van der Waals surface area contributed by atoms with E-state index in [1.807, 2.05) is 98.8 Å². The smallest absolute Gasteiger partial charge is 0.243 e. The van der Waals surface area contributed by atoms with Gasteiger partial charge in [0.25, 0.3) is 0 Å². The van der Waals surface area contributed by atoms with Crippen LogP contribution in [0.2, 0.25) is 0 Å². The SMILES string of the molecule is CC[C@@H](C)NC(=O)[C@@H](Cc1ccccc1)N(Cc1ccccc1)C(=O)Cc1ccc(OC)cc1. The number of rotatable bonds is 11. The van der Waals surface area contributed by atoms with Crippen LogP contribution in [0, 0.1) is 0 Å². The summed E-state index contributed by atoms with van der Waals surface area (Å²) in [6.45, 7) is 4.38. The Balaban J connectivity index is 1.93. The largest absolute Gasteiger partial charge is 0.497 e. The van der Waals surface area contributed by atoms with Crippen molar-refractivity contribution in [2.24, 2.45) is 0 Å². The van der Waals surface area contributed by atoms with Gasteiger partial charge in [0.1, 0.15) is 11.8 Å². The predicted molar refractivity (Wildman–Crippen MR) is 136 cm³/mol. The van der Waals surface area contributed by atoms with Gasteiger partial charge in [-0.15, -0.1) is 0 Å². The van der Waals surface area contributed by atoms with Crippen molar-refractivity contribution in [1.29, 1.82) is 0 Å². The molecule has 5 nitrogen and oxygen atoms in total. The molecule has 0 saturated heterocycles. The maximum atomic E-state index is 13.7. The standard InChI is InChI=1S/C29H34N2O3/c1-4-22(2)30-29(33)27(19-23-11-7-5-8-12-23)31(21-25-13-9-6-10-14-25)28(32)20-24-15-17-26(34-3)18-16-24/h5-18,22,27H,4,19-21H2,1-3H3,(H,30,33)/t22-,27-/m1/s1. The van der Waals surface area contributed by atoms with E-state index in [2.05, 4.69) is 5.32 Å². The van der Waals surface area contributed by atoms with Gasteiger partial charge in [-0.3, -0.25) is 9.59 Å². The van der Waals surface area contributed by atoms with E-state index in [1.54, 1.807) is 12.0 Å². The summed E-state index contributed by atoms with van der Waals surface area (Å²) in [5.41, 5.74) is 2.88. The van der Waals surface area contributed by atoms with Gasteiger partial charge in [-0.25, -0.2) is 0 Å². The molecule has 0 unspecified atom stereocenters. The van der Waals surface area contributed by atoms with Crippen LogP contribution in [0.4, 0.5) is 0 Å². The fraction of sp³-hybridized carbons (Fsp3) is 0.310. The van der Waals surface area contributed by atoms with Crippen LogP contribution >= 0.6 is 0 Å². The monoisotopic (exact) mass is 458 g/mol. The maximum Gasteiger partial charge on any atom is 0.243 e. The summed E-state index contributed by atoms with van der Waals surface area (Å²) in [7, 11) is 1.62. The van der Waals surface area contributed by atoms with Crippen LogP contribution in [0.3, 0.4) is 0 Å². The second kappa shape index (κ2) is 12.6. The summed E-state index contributed by atoms with van der Waals surface area (Å²) in [5, 5.41) is 3.10. The van der Waals surface area contributed by atoms with Crippen molar-refractivity contribution < 1.29 is 14.3 Å². The van der Waals surface area contributed by atoms with E-state index in [9.17, 15) is 9.59 Å². The number of carbonyl (C=O) groups excluding carboxylic acids is 2. The molecule has 0 heterocycles. The molecule has 0 aliphatic carbocycles. The lowest BCUT2D eigenvalue weighted by molar-refractivity contribution is -0.141. The van der Waals surface area contributed by atoms with Crippen LogP contribution < -0.4 is 10.1 Å². The van der Waals surface area contributed by atoms with E-state index in [1.165, 1.54) is 0 Å². The summed E-state index contributed by atoms with van der Waals surface area (Å²) in [5.74, 6) is 0.527. The second-order valence-electron chi connectivity index (χ2n) is 8.56. The average molecular weight is 459 g/mol. The zero-order valence-corrected chi connectivity index (χ0v) is 20.2. The molecule has 0 saturated carbocycles. The van der Waals surface area contributed by atoms with Gasteiger partial charge in [0, 0.05) is 19.0 Å². The number of ether oxygens (including phenoxy) is 1. The van der Waals surface area contributed by atoms with Crippen molar-refractivity contribution in [2.45, 2.75) is 51.7 Å². The molecule has 0 aliphatic rings. The van der Waals surface area contributed by atoms with Gasteiger partial charge in [-0.05, 0) is 42.2 Å². The van der Waals surface area contributed by atoms with Gasteiger partial charge in [0.05, 0.1) is 13.5 Å². The number of hydrogen-bond donors (Lipinski definition) is 1. The lowest BCUT2D eigenvalue weighted by Gasteiger charge is -2.32. The third-order valence-corrected chi connectivity index (χ3v) is 5.98.